The summed E-state index contributed by atoms with van der Waals surface area (Å²) in [6, 6.07) is 14.6. The van der Waals surface area contributed by atoms with E-state index >= 15 is 0 Å². The van der Waals surface area contributed by atoms with Gasteiger partial charge in [0.1, 0.15) is 0 Å². The molecule has 0 saturated heterocycles. The third-order valence-corrected chi connectivity index (χ3v) is 5.76. The minimum atomic E-state index is 0.185. The van der Waals surface area contributed by atoms with E-state index < -0.39 is 0 Å². The fourth-order valence-electron chi connectivity index (χ4n) is 4.06. The molecule has 1 aromatic carbocycles. The summed E-state index contributed by atoms with van der Waals surface area (Å²) >= 11 is 0. The van der Waals surface area contributed by atoms with Crippen LogP contribution in [0.3, 0.4) is 0 Å². The molecule has 154 valence electrons. The fraction of sp³-hybridized carbons (Fsp3) is 0.560. The fourth-order valence-corrected chi connectivity index (χ4v) is 4.06. The standard InChI is InChI=1S/C25H38N2O/c1-3-5-6-7-11-15-23(24-16-12-18-26-24)22(4-2)20-25(28)27-19-17-21-13-9-8-10-14-21/h8-10,12-14,16,18,22-23,26H,3-7,11,15,17,19-20H2,1-2H3,(H,27,28). The second kappa shape index (κ2) is 13.2. The van der Waals surface area contributed by atoms with E-state index in [0.29, 0.717) is 24.8 Å². The van der Waals surface area contributed by atoms with E-state index in [-0.39, 0.29) is 5.91 Å². The molecule has 0 aliphatic carbocycles. The Morgan fingerprint density at radius 1 is 1.00 bits per heavy atom. The predicted molar refractivity (Wildman–Crippen MR) is 118 cm³/mol. The Morgan fingerprint density at radius 3 is 2.46 bits per heavy atom. The molecule has 2 unspecified atom stereocenters. The Hall–Kier alpha value is -2.03. The van der Waals surface area contributed by atoms with Crippen molar-refractivity contribution in [3.05, 3.63) is 59.9 Å². The summed E-state index contributed by atoms with van der Waals surface area (Å²) < 4.78 is 0. The lowest BCUT2D eigenvalue weighted by molar-refractivity contribution is -0.122. The largest absolute Gasteiger partial charge is 0.365 e. The van der Waals surface area contributed by atoms with E-state index in [9.17, 15) is 4.79 Å². The van der Waals surface area contributed by atoms with Crippen molar-refractivity contribution in [1.82, 2.24) is 10.3 Å². The number of carbonyl (C=O) groups is 1. The smallest absolute Gasteiger partial charge is 0.220 e. The zero-order valence-corrected chi connectivity index (χ0v) is 17.8. The number of aromatic amines is 1. The summed E-state index contributed by atoms with van der Waals surface area (Å²) in [6.07, 6.45) is 12.2. The van der Waals surface area contributed by atoms with Crippen LogP contribution in [-0.2, 0) is 11.2 Å². The summed E-state index contributed by atoms with van der Waals surface area (Å²) in [5.41, 5.74) is 2.56. The van der Waals surface area contributed by atoms with Gasteiger partial charge in [-0.25, -0.2) is 0 Å². The third-order valence-electron chi connectivity index (χ3n) is 5.76. The number of nitrogens with one attached hydrogen (secondary N) is 2. The molecule has 2 rings (SSSR count). The Morgan fingerprint density at radius 2 is 1.79 bits per heavy atom. The van der Waals surface area contributed by atoms with E-state index in [4.69, 9.17) is 0 Å². The second-order valence-electron chi connectivity index (χ2n) is 7.89. The van der Waals surface area contributed by atoms with E-state index in [2.05, 4.69) is 48.4 Å². The molecule has 3 heteroatoms. The van der Waals surface area contributed by atoms with E-state index in [1.54, 1.807) is 0 Å². The van der Waals surface area contributed by atoms with Gasteiger partial charge in [0.15, 0.2) is 0 Å². The number of rotatable bonds is 14. The molecular weight excluding hydrogens is 344 g/mol. The highest BCUT2D eigenvalue weighted by Gasteiger charge is 2.24. The van der Waals surface area contributed by atoms with Gasteiger partial charge in [0.05, 0.1) is 0 Å². The molecular formula is C25H38N2O. The number of H-pyrrole nitrogens is 1. The minimum absolute atomic E-state index is 0.185. The molecule has 28 heavy (non-hydrogen) atoms. The number of unbranched alkanes of at least 4 members (excludes halogenated alkanes) is 4. The van der Waals surface area contributed by atoms with Crippen molar-refractivity contribution in [2.45, 2.75) is 77.6 Å². The maximum absolute atomic E-state index is 12.6. The van der Waals surface area contributed by atoms with Gasteiger partial charge in [0, 0.05) is 30.8 Å². The summed E-state index contributed by atoms with van der Waals surface area (Å²) in [4.78, 5) is 16.0. The molecule has 1 amide bonds. The lowest BCUT2D eigenvalue weighted by atomic mass is 9.81. The van der Waals surface area contributed by atoms with Crippen molar-refractivity contribution in [2.24, 2.45) is 5.92 Å². The first kappa shape index (κ1) is 22.3. The molecule has 0 aliphatic rings. The number of amides is 1. The highest BCUT2D eigenvalue weighted by molar-refractivity contribution is 5.76. The molecule has 0 radical (unpaired) electrons. The first-order valence-electron chi connectivity index (χ1n) is 11.2. The van der Waals surface area contributed by atoms with Gasteiger partial charge >= 0.3 is 0 Å². The number of hydrogen-bond donors (Lipinski definition) is 2. The number of benzene rings is 1. The lowest BCUT2D eigenvalue weighted by Crippen LogP contribution is -2.29. The van der Waals surface area contributed by atoms with Crippen LogP contribution in [0.2, 0.25) is 0 Å². The van der Waals surface area contributed by atoms with Crippen molar-refractivity contribution in [3.63, 3.8) is 0 Å². The van der Waals surface area contributed by atoms with E-state index in [1.807, 2.05) is 24.4 Å². The molecule has 2 atom stereocenters. The van der Waals surface area contributed by atoms with Crippen LogP contribution in [-0.4, -0.2) is 17.4 Å². The van der Waals surface area contributed by atoms with Gasteiger partial charge in [0.2, 0.25) is 5.91 Å². The maximum Gasteiger partial charge on any atom is 0.220 e. The van der Waals surface area contributed by atoms with E-state index in [1.165, 1.54) is 49.8 Å². The van der Waals surface area contributed by atoms with Crippen LogP contribution in [0.5, 0.6) is 0 Å². The normalized spacial score (nSPS) is 13.2. The number of hydrogen-bond acceptors (Lipinski definition) is 1. The highest BCUT2D eigenvalue weighted by atomic mass is 16.1. The molecule has 1 heterocycles. The Kier molecular flexibility index (Phi) is 10.5. The Balaban J connectivity index is 1.84. The van der Waals surface area contributed by atoms with Gasteiger partial charge in [0.25, 0.3) is 0 Å². The van der Waals surface area contributed by atoms with Crippen molar-refractivity contribution >= 4 is 5.91 Å². The lowest BCUT2D eigenvalue weighted by Gasteiger charge is -2.25. The molecule has 0 spiro atoms. The van der Waals surface area contributed by atoms with Crippen LogP contribution in [0.15, 0.2) is 48.7 Å². The first-order chi connectivity index (χ1) is 13.7. The Bertz CT molecular complexity index is 636. The second-order valence-corrected chi connectivity index (χ2v) is 7.89. The van der Waals surface area contributed by atoms with Gasteiger partial charge < -0.3 is 10.3 Å². The van der Waals surface area contributed by atoms with Crippen molar-refractivity contribution in [1.29, 1.82) is 0 Å². The minimum Gasteiger partial charge on any atom is -0.365 e. The van der Waals surface area contributed by atoms with Crippen LogP contribution in [0, 0.1) is 5.92 Å². The zero-order chi connectivity index (χ0) is 20.0. The summed E-state index contributed by atoms with van der Waals surface area (Å²) in [7, 11) is 0. The van der Waals surface area contributed by atoms with Crippen molar-refractivity contribution < 1.29 is 4.79 Å². The number of carbonyl (C=O) groups excluding carboxylic acids is 1. The molecule has 2 N–H and O–H groups in total. The quantitative estimate of drug-likeness (QED) is 0.374. The molecule has 0 fully saturated rings. The van der Waals surface area contributed by atoms with Crippen LogP contribution >= 0.6 is 0 Å². The monoisotopic (exact) mass is 382 g/mol. The molecule has 3 nitrogen and oxygen atoms in total. The maximum atomic E-state index is 12.6. The van der Waals surface area contributed by atoms with Gasteiger partial charge in [-0.2, -0.15) is 0 Å². The zero-order valence-electron chi connectivity index (χ0n) is 17.8. The van der Waals surface area contributed by atoms with Gasteiger partial charge in [-0.1, -0.05) is 82.7 Å². The first-order valence-corrected chi connectivity index (χ1v) is 11.2. The van der Waals surface area contributed by atoms with Crippen LogP contribution in [0.25, 0.3) is 0 Å². The van der Waals surface area contributed by atoms with Crippen LogP contribution in [0.1, 0.15) is 82.4 Å². The molecule has 2 aromatic rings. The number of aromatic nitrogens is 1. The summed E-state index contributed by atoms with van der Waals surface area (Å²) in [5, 5.41) is 3.13. The molecule has 0 bridgehead atoms. The molecule has 0 saturated carbocycles. The topological polar surface area (TPSA) is 44.9 Å². The van der Waals surface area contributed by atoms with Crippen molar-refractivity contribution in [2.75, 3.05) is 6.54 Å². The SMILES string of the molecule is CCCCCCCC(c1ccc[nH]1)C(CC)CC(=O)NCCc1ccccc1. The predicted octanol–water partition coefficient (Wildman–Crippen LogP) is 6.23. The summed E-state index contributed by atoms with van der Waals surface area (Å²) in [5.74, 6) is 1.02. The van der Waals surface area contributed by atoms with Crippen molar-refractivity contribution in [3.8, 4) is 0 Å². The van der Waals surface area contributed by atoms with Gasteiger partial charge in [-0.05, 0) is 36.5 Å². The molecule has 0 aliphatic heterocycles. The Labute approximate surface area is 171 Å². The average Bonchev–Trinajstić information content (AvgIpc) is 3.24. The van der Waals surface area contributed by atoms with Gasteiger partial charge in [-0.3, -0.25) is 4.79 Å². The highest BCUT2D eigenvalue weighted by Crippen LogP contribution is 2.33. The summed E-state index contributed by atoms with van der Waals surface area (Å²) in [6.45, 7) is 5.18. The van der Waals surface area contributed by atoms with E-state index in [0.717, 1.165) is 12.8 Å². The molecule has 1 aromatic heterocycles. The van der Waals surface area contributed by atoms with Crippen LogP contribution in [0.4, 0.5) is 0 Å². The van der Waals surface area contributed by atoms with Gasteiger partial charge in [-0.15, -0.1) is 0 Å². The van der Waals surface area contributed by atoms with Crippen LogP contribution < -0.4 is 5.32 Å². The average molecular weight is 383 g/mol. The third kappa shape index (κ3) is 7.92.